The minimum atomic E-state index is -1.42. The van der Waals surface area contributed by atoms with Crippen molar-refractivity contribution >= 4 is 16.9 Å². The van der Waals surface area contributed by atoms with Crippen molar-refractivity contribution in [1.82, 2.24) is 19.9 Å². The Kier molecular flexibility index (Phi) is 6.10. The number of benzene rings is 1. The summed E-state index contributed by atoms with van der Waals surface area (Å²) in [6.07, 6.45) is 7.09. The van der Waals surface area contributed by atoms with E-state index in [4.69, 9.17) is 5.73 Å². The number of carbonyl (C=O) groups is 1. The van der Waals surface area contributed by atoms with Gasteiger partial charge in [-0.25, -0.2) is 9.37 Å². The summed E-state index contributed by atoms with van der Waals surface area (Å²) in [5, 5.41) is 12.8. The standard InChI is InChI=1S/C28H30FN5O2/c1-16-9-20(21-6-8-32-27-25(21)22(13-33-27)19-5-4-7-31-12-19)10-23(29)26(16)28(36)17(2)14-34(15-18(28)3)24(35)11-30/h4-10,12-13,17-18,36H,11,14-15,30H2,1-3H3,(H,32,33)/t17-,18+,28-. The fourth-order valence-corrected chi connectivity index (χ4v) is 5.78. The van der Waals surface area contributed by atoms with E-state index in [0.717, 1.165) is 22.1 Å². The smallest absolute Gasteiger partial charge is 0.236 e. The van der Waals surface area contributed by atoms with E-state index in [0.29, 0.717) is 29.9 Å². The van der Waals surface area contributed by atoms with E-state index in [-0.39, 0.29) is 29.9 Å². The zero-order chi connectivity index (χ0) is 25.6. The summed E-state index contributed by atoms with van der Waals surface area (Å²) < 4.78 is 16.0. The van der Waals surface area contributed by atoms with Crippen LogP contribution in [0.5, 0.6) is 0 Å². The van der Waals surface area contributed by atoms with Crippen LogP contribution in [0.15, 0.2) is 55.1 Å². The summed E-state index contributed by atoms with van der Waals surface area (Å²) in [5.41, 5.74) is 9.18. The number of nitrogens with zero attached hydrogens (tertiary/aromatic N) is 3. The van der Waals surface area contributed by atoms with E-state index in [2.05, 4.69) is 15.0 Å². The number of amides is 1. The number of aliphatic hydroxyl groups is 1. The molecule has 5 rings (SSSR count). The summed E-state index contributed by atoms with van der Waals surface area (Å²) in [7, 11) is 0. The topological polar surface area (TPSA) is 108 Å². The predicted octanol–water partition coefficient (Wildman–Crippen LogP) is 4.00. The van der Waals surface area contributed by atoms with Crippen LogP contribution >= 0.6 is 0 Å². The average molecular weight is 488 g/mol. The Labute approximate surface area is 209 Å². The first-order valence-electron chi connectivity index (χ1n) is 12.1. The molecule has 0 radical (unpaired) electrons. The molecule has 0 bridgehead atoms. The number of pyridine rings is 2. The summed E-state index contributed by atoms with van der Waals surface area (Å²) in [4.78, 5) is 25.7. The molecule has 1 fully saturated rings. The molecule has 4 N–H and O–H groups in total. The molecule has 3 atom stereocenters. The van der Waals surface area contributed by atoms with Gasteiger partial charge in [0.05, 0.1) is 6.54 Å². The molecule has 1 aromatic carbocycles. The molecular formula is C28H30FN5O2. The number of rotatable bonds is 4. The number of likely N-dealkylation sites (tertiary alicyclic amines) is 1. The molecule has 36 heavy (non-hydrogen) atoms. The van der Waals surface area contributed by atoms with E-state index in [9.17, 15) is 9.90 Å². The minimum absolute atomic E-state index is 0.0828. The van der Waals surface area contributed by atoms with E-state index < -0.39 is 11.4 Å². The lowest BCUT2D eigenvalue weighted by atomic mass is 9.69. The molecule has 186 valence electrons. The van der Waals surface area contributed by atoms with E-state index in [1.807, 2.05) is 51.2 Å². The average Bonchev–Trinajstić information content (AvgIpc) is 3.31. The molecule has 0 spiro atoms. The molecular weight excluding hydrogens is 457 g/mol. The van der Waals surface area contributed by atoms with Gasteiger partial charge in [0.25, 0.3) is 0 Å². The van der Waals surface area contributed by atoms with E-state index >= 15 is 4.39 Å². The van der Waals surface area contributed by atoms with Crippen LogP contribution in [-0.2, 0) is 10.4 Å². The molecule has 0 unspecified atom stereocenters. The molecule has 1 amide bonds. The molecule has 4 aromatic rings. The Bertz CT molecular complexity index is 1400. The number of carbonyl (C=O) groups excluding carboxylic acids is 1. The number of nitrogens with two attached hydrogens (primary N) is 1. The fraction of sp³-hybridized carbons (Fsp3) is 0.321. The van der Waals surface area contributed by atoms with Gasteiger partial charge in [0, 0.05) is 71.8 Å². The first-order valence-corrected chi connectivity index (χ1v) is 12.1. The minimum Gasteiger partial charge on any atom is -0.384 e. The monoisotopic (exact) mass is 487 g/mol. The number of halogens is 1. The third-order valence-electron chi connectivity index (χ3n) is 7.56. The van der Waals surface area contributed by atoms with Crippen LogP contribution < -0.4 is 5.73 Å². The first kappa shape index (κ1) is 24.1. The van der Waals surface area contributed by atoms with Crippen LogP contribution in [0.25, 0.3) is 33.3 Å². The molecule has 1 saturated heterocycles. The third kappa shape index (κ3) is 3.77. The number of aromatic nitrogens is 3. The number of nitrogens with one attached hydrogen (secondary N) is 1. The summed E-state index contributed by atoms with van der Waals surface area (Å²) >= 11 is 0. The number of piperidine rings is 1. The number of fused-ring (bicyclic) bond motifs is 1. The molecule has 1 aliphatic rings. The summed E-state index contributed by atoms with van der Waals surface area (Å²) in [5.74, 6) is -1.37. The highest BCUT2D eigenvalue weighted by Crippen LogP contribution is 2.45. The van der Waals surface area contributed by atoms with Crippen molar-refractivity contribution in [2.24, 2.45) is 17.6 Å². The van der Waals surface area contributed by atoms with Gasteiger partial charge in [-0.2, -0.15) is 0 Å². The lowest BCUT2D eigenvalue weighted by Gasteiger charge is -2.48. The third-order valence-corrected chi connectivity index (χ3v) is 7.56. The molecule has 1 aliphatic heterocycles. The Balaban J connectivity index is 1.60. The lowest BCUT2D eigenvalue weighted by Crippen LogP contribution is -2.57. The quantitative estimate of drug-likeness (QED) is 0.403. The molecule has 3 aromatic heterocycles. The molecule has 0 saturated carbocycles. The van der Waals surface area contributed by atoms with Crippen molar-refractivity contribution in [2.45, 2.75) is 26.4 Å². The van der Waals surface area contributed by atoms with Crippen molar-refractivity contribution in [3.05, 3.63) is 72.1 Å². The largest absolute Gasteiger partial charge is 0.384 e. The van der Waals surface area contributed by atoms with Gasteiger partial charge in [-0.15, -0.1) is 0 Å². The normalized spacial score (nSPS) is 22.2. The van der Waals surface area contributed by atoms with Crippen LogP contribution in [0, 0.1) is 24.6 Å². The van der Waals surface area contributed by atoms with Crippen LogP contribution in [0.2, 0.25) is 0 Å². The van der Waals surface area contributed by atoms with Gasteiger partial charge in [-0.3, -0.25) is 9.78 Å². The molecule has 4 heterocycles. The first-order chi connectivity index (χ1) is 17.3. The van der Waals surface area contributed by atoms with E-state index in [1.165, 1.54) is 6.07 Å². The van der Waals surface area contributed by atoms with Crippen LogP contribution in [-0.4, -0.2) is 50.5 Å². The second-order valence-corrected chi connectivity index (χ2v) is 9.81. The SMILES string of the molecule is Cc1cc(-c2ccnc3[nH]cc(-c4cccnc4)c23)cc(F)c1[C@@]1(O)[C@H](C)CN(C(=O)CN)C[C@@H]1C. The number of aromatic amines is 1. The second-order valence-electron chi connectivity index (χ2n) is 9.81. The number of H-pyrrole nitrogens is 1. The Morgan fingerprint density at radius 2 is 1.94 bits per heavy atom. The number of aryl methyl sites for hydroxylation is 1. The zero-order valence-electron chi connectivity index (χ0n) is 20.6. The maximum absolute atomic E-state index is 16.0. The Morgan fingerprint density at radius 1 is 1.19 bits per heavy atom. The maximum atomic E-state index is 16.0. The highest BCUT2D eigenvalue weighted by Gasteiger charge is 2.48. The highest BCUT2D eigenvalue weighted by atomic mass is 19.1. The van der Waals surface area contributed by atoms with E-state index in [1.54, 1.807) is 23.5 Å². The van der Waals surface area contributed by atoms with Gasteiger partial charge >= 0.3 is 0 Å². The Morgan fingerprint density at radius 3 is 2.58 bits per heavy atom. The summed E-state index contributed by atoms with van der Waals surface area (Å²) in [6.45, 7) is 6.09. The zero-order valence-corrected chi connectivity index (χ0v) is 20.6. The van der Waals surface area contributed by atoms with Gasteiger partial charge in [0.2, 0.25) is 5.91 Å². The van der Waals surface area contributed by atoms with Crippen molar-refractivity contribution in [3.8, 4) is 22.3 Å². The van der Waals surface area contributed by atoms with Gasteiger partial charge in [-0.1, -0.05) is 26.0 Å². The van der Waals surface area contributed by atoms with Gasteiger partial charge in [-0.05, 0) is 41.8 Å². The van der Waals surface area contributed by atoms with Crippen molar-refractivity contribution in [2.75, 3.05) is 19.6 Å². The molecule has 8 heteroatoms. The van der Waals surface area contributed by atoms with Crippen molar-refractivity contribution in [1.29, 1.82) is 0 Å². The molecule has 0 aliphatic carbocycles. The Hall–Kier alpha value is -3.62. The number of hydrogen-bond donors (Lipinski definition) is 3. The van der Waals surface area contributed by atoms with Crippen molar-refractivity contribution in [3.63, 3.8) is 0 Å². The van der Waals surface area contributed by atoms with Crippen molar-refractivity contribution < 1.29 is 14.3 Å². The number of hydrogen-bond acceptors (Lipinski definition) is 5. The van der Waals surface area contributed by atoms with Gasteiger partial charge in [0.15, 0.2) is 0 Å². The second kappa shape index (κ2) is 9.11. The van der Waals surface area contributed by atoms with Crippen LogP contribution in [0.4, 0.5) is 4.39 Å². The van der Waals surface area contributed by atoms with Crippen LogP contribution in [0.3, 0.4) is 0 Å². The molecule has 7 nitrogen and oxygen atoms in total. The highest BCUT2D eigenvalue weighted by molar-refractivity contribution is 6.04. The lowest BCUT2D eigenvalue weighted by molar-refractivity contribution is -0.148. The van der Waals surface area contributed by atoms with Gasteiger partial charge < -0.3 is 20.7 Å². The summed E-state index contributed by atoms with van der Waals surface area (Å²) in [6, 6.07) is 9.13. The van der Waals surface area contributed by atoms with Crippen LogP contribution in [0.1, 0.15) is 25.0 Å². The van der Waals surface area contributed by atoms with Gasteiger partial charge in [0.1, 0.15) is 17.1 Å². The maximum Gasteiger partial charge on any atom is 0.236 e. The fourth-order valence-electron chi connectivity index (χ4n) is 5.78. The predicted molar refractivity (Wildman–Crippen MR) is 137 cm³/mol.